The van der Waals surface area contributed by atoms with Crippen molar-refractivity contribution in [3.8, 4) is 5.75 Å². The molecule has 2 aromatic carbocycles. The smallest absolute Gasteiger partial charge is 0.337 e. The Balaban J connectivity index is 1.94. The number of aryl methyl sites for hydroxylation is 1. The van der Waals surface area contributed by atoms with Crippen LogP contribution in [-0.2, 0) is 27.1 Å². The Morgan fingerprint density at radius 2 is 1.66 bits per heavy atom. The Morgan fingerprint density at radius 1 is 0.938 bits per heavy atom. The molecule has 2 aromatic rings. The zero-order chi connectivity index (χ0) is 23.3. The van der Waals surface area contributed by atoms with Gasteiger partial charge in [-0.2, -0.15) is 0 Å². The molecule has 1 unspecified atom stereocenters. The number of benzene rings is 2. The molecule has 0 fully saturated rings. The zero-order valence-electron chi connectivity index (χ0n) is 18.9. The molecule has 6 heteroatoms. The summed E-state index contributed by atoms with van der Waals surface area (Å²) in [7, 11) is 2.76. The van der Waals surface area contributed by atoms with Gasteiger partial charge in [-0.3, -0.25) is 4.79 Å². The second kappa shape index (κ2) is 13.5. The van der Waals surface area contributed by atoms with Gasteiger partial charge < -0.3 is 14.6 Å². The van der Waals surface area contributed by atoms with E-state index in [9.17, 15) is 19.1 Å². The maximum atomic E-state index is 13.6. The number of ether oxygens (including phenoxy) is 2. The molecule has 0 radical (unpaired) electrons. The van der Waals surface area contributed by atoms with Gasteiger partial charge in [0.2, 0.25) is 0 Å². The van der Waals surface area contributed by atoms with Gasteiger partial charge in [0.25, 0.3) is 0 Å². The summed E-state index contributed by atoms with van der Waals surface area (Å²) in [6.07, 6.45) is 7.54. The number of halogens is 1. The predicted molar refractivity (Wildman–Crippen MR) is 121 cm³/mol. The van der Waals surface area contributed by atoms with E-state index in [4.69, 9.17) is 4.74 Å². The number of unbranched alkanes of at least 4 members (excludes halogenated alkanes) is 3. The average molecular weight is 445 g/mol. The van der Waals surface area contributed by atoms with Crippen LogP contribution in [-0.4, -0.2) is 31.3 Å². The van der Waals surface area contributed by atoms with Crippen molar-refractivity contribution in [3.05, 3.63) is 65.0 Å². The predicted octanol–water partition coefficient (Wildman–Crippen LogP) is 5.62. The van der Waals surface area contributed by atoms with E-state index in [2.05, 4.69) is 4.74 Å². The summed E-state index contributed by atoms with van der Waals surface area (Å²) < 4.78 is 23.0. The normalized spacial score (nSPS) is 11.7. The standard InChI is InChI=1S/C26H33FO5/c1-31-25(29)8-6-4-3-5-7-19(11-14-22-18-23(27)15-16-24(22)28)17-20-9-12-21(13-10-20)26(30)32-2/h9-10,12-13,15-16,18-19,28H,3-8,11,14,17H2,1-2H3. The monoisotopic (exact) mass is 444 g/mol. The van der Waals surface area contributed by atoms with Gasteiger partial charge in [-0.15, -0.1) is 0 Å². The summed E-state index contributed by atoms with van der Waals surface area (Å²) in [4.78, 5) is 22.9. The van der Waals surface area contributed by atoms with Gasteiger partial charge >= 0.3 is 11.9 Å². The highest BCUT2D eigenvalue weighted by Crippen LogP contribution is 2.26. The lowest BCUT2D eigenvalue weighted by Crippen LogP contribution is -2.08. The van der Waals surface area contributed by atoms with E-state index in [0.717, 1.165) is 50.5 Å². The quantitative estimate of drug-likeness (QED) is 0.320. The van der Waals surface area contributed by atoms with Gasteiger partial charge in [0, 0.05) is 6.42 Å². The number of rotatable bonds is 13. The average Bonchev–Trinajstić information content (AvgIpc) is 2.81. The molecular formula is C26H33FO5. The molecule has 2 rings (SSSR count). The molecule has 0 heterocycles. The summed E-state index contributed by atoms with van der Waals surface area (Å²) >= 11 is 0. The van der Waals surface area contributed by atoms with Crippen molar-refractivity contribution < 1.29 is 28.6 Å². The summed E-state index contributed by atoms with van der Waals surface area (Å²) in [5.74, 6) is -0.411. The molecule has 0 bridgehead atoms. The van der Waals surface area contributed by atoms with Gasteiger partial charge in [-0.25, -0.2) is 9.18 Å². The summed E-state index contributed by atoms with van der Waals surface area (Å²) in [5.41, 5.74) is 2.26. The fourth-order valence-corrected chi connectivity index (χ4v) is 3.85. The molecule has 1 atom stereocenters. The lowest BCUT2D eigenvalue weighted by Gasteiger charge is -2.18. The number of aromatic hydroxyl groups is 1. The second-order valence-electron chi connectivity index (χ2n) is 8.10. The summed E-state index contributed by atoms with van der Waals surface area (Å²) in [5, 5.41) is 10.0. The van der Waals surface area contributed by atoms with Crippen LogP contribution in [0.4, 0.5) is 4.39 Å². The third-order valence-electron chi connectivity index (χ3n) is 5.73. The first-order chi connectivity index (χ1) is 15.4. The van der Waals surface area contributed by atoms with E-state index in [-0.39, 0.29) is 23.5 Å². The number of phenolic OH excluding ortho intramolecular Hbond substituents is 1. The van der Waals surface area contributed by atoms with E-state index < -0.39 is 0 Å². The number of hydrogen-bond acceptors (Lipinski definition) is 5. The molecule has 0 saturated carbocycles. The van der Waals surface area contributed by atoms with Gasteiger partial charge in [-0.05, 0) is 73.1 Å². The number of methoxy groups -OCH3 is 2. The molecule has 1 N–H and O–H groups in total. The molecule has 174 valence electrons. The lowest BCUT2D eigenvalue weighted by molar-refractivity contribution is -0.140. The fraction of sp³-hybridized carbons (Fsp3) is 0.462. The van der Waals surface area contributed by atoms with E-state index in [1.54, 1.807) is 12.1 Å². The highest BCUT2D eigenvalue weighted by Gasteiger charge is 2.13. The van der Waals surface area contributed by atoms with Crippen LogP contribution in [0, 0.1) is 11.7 Å². The maximum absolute atomic E-state index is 13.6. The number of hydrogen-bond donors (Lipinski definition) is 1. The van der Waals surface area contributed by atoms with Crippen LogP contribution >= 0.6 is 0 Å². The van der Waals surface area contributed by atoms with Crippen molar-refractivity contribution in [2.24, 2.45) is 5.92 Å². The molecule has 5 nitrogen and oxygen atoms in total. The van der Waals surface area contributed by atoms with Gasteiger partial charge in [0.15, 0.2) is 0 Å². The first-order valence-electron chi connectivity index (χ1n) is 11.1. The van der Waals surface area contributed by atoms with Crippen LogP contribution in [0.2, 0.25) is 0 Å². The Bertz CT molecular complexity index is 863. The number of carbonyl (C=O) groups excluding carboxylic acids is 2. The molecule has 0 aliphatic rings. The highest BCUT2D eigenvalue weighted by molar-refractivity contribution is 5.89. The first kappa shape index (κ1) is 25.4. The van der Waals surface area contributed by atoms with Crippen LogP contribution in [0.5, 0.6) is 5.75 Å². The number of esters is 2. The SMILES string of the molecule is COC(=O)CCCCCCC(CCc1cc(F)ccc1O)Cc1ccc(C(=O)OC)cc1. The third-order valence-corrected chi connectivity index (χ3v) is 5.73. The minimum Gasteiger partial charge on any atom is -0.508 e. The van der Waals surface area contributed by atoms with Crippen molar-refractivity contribution in [2.75, 3.05) is 14.2 Å². The topological polar surface area (TPSA) is 72.8 Å². The molecule has 0 aliphatic heterocycles. The minimum atomic E-state index is -0.360. The second-order valence-corrected chi connectivity index (χ2v) is 8.10. The van der Waals surface area contributed by atoms with E-state index in [1.165, 1.54) is 32.4 Å². The Kier molecular flexibility index (Phi) is 10.7. The lowest BCUT2D eigenvalue weighted by atomic mass is 9.88. The largest absolute Gasteiger partial charge is 0.508 e. The first-order valence-corrected chi connectivity index (χ1v) is 11.1. The van der Waals surface area contributed by atoms with Crippen molar-refractivity contribution in [1.82, 2.24) is 0 Å². The van der Waals surface area contributed by atoms with Crippen LogP contribution in [0.1, 0.15) is 66.4 Å². The number of phenols is 1. The molecular weight excluding hydrogens is 411 g/mol. The van der Waals surface area contributed by atoms with Crippen molar-refractivity contribution in [1.29, 1.82) is 0 Å². The Hall–Kier alpha value is -2.89. The van der Waals surface area contributed by atoms with Crippen molar-refractivity contribution in [3.63, 3.8) is 0 Å². The van der Waals surface area contributed by atoms with E-state index >= 15 is 0 Å². The molecule has 0 amide bonds. The van der Waals surface area contributed by atoms with Gasteiger partial charge in [-0.1, -0.05) is 37.8 Å². The van der Waals surface area contributed by atoms with E-state index in [0.29, 0.717) is 29.9 Å². The van der Waals surface area contributed by atoms with Crippen molar-refractivity contribution >= 4 is 11.9 Å². The Labute approximate surface area is 189 Å². The molecule has 0 saturated heterocycles. The fourth-order valence-electron chi connectivity index (χ4n) is 3.85. The molecule has 0 spiro atoms. The summed E-state index contributed by atoms with van der Waals surface area (Å²) in [6.45, 7) is 0. The third kappa shape index (κ3) is 8.69. The van der Waals surface area contributed by atoms with Crippen LogP contribution in [0.15, 0.2) is 42.5 Å². The molecule has 32 heavy (non-hydrogen) atoms. The van der Waals surface area contributed by atoms with Crippen molar-refractivity contribution in [2.45, 2.75) is 57.8 Å². The number of carbonyl (C=O) groups is 2. The Morgan fingerprint density at radius 3 is 2.34 bits per heavy atom. The summed E-state index contributed by atoms with van der Waals surface area (Å²) in [6, 6.07) is 11.5. The molecule has 0 aromatic heterocycles. The van der Waals surface area contributed by atoms with Crippen LogP contribution in [0.3, 0.4) is 0 Å². The van der Waals surface area contributed by atoms with Crippen LogP contribution < -0.4 is 0 Å². The van der Waals surface area contributed by atoms with Gasteiger partial charge in [0.05, 0.1) is 19.8 Å². The zero-order valence-corrected chi connectivity index (χ0v) is 18.9. The molecule has 0 aliphatic carbocycles. The van der Waals surface area contributed by atoms with Gasteiger partial charge in [0.1, 0.15) is 11.6 Å². The van der Waals surface area contributed by atoms with Crippen LogP contribution in [0.25, 0.3) is 0 Å². The maximum Gasteiger partial charge on any atom is 0.337 e. The van der Waals surface area contributed by atoms with E-state index in [1.807, 2.05) is 12.1 Å². The highest BCUT2D eigenvalue weighted by atomic mass is 19.1. The minimum absolute atomic E-state index is 0.121.